The summed E-state index contributed by atoms with van der Waals surface area (Å²) in [4.78, 5) is 12.0. The summed E-state index contributed by atoms with van der Waals surface area (Å²) in [6, 6.07) is 16.6. The molecule has 2 aromatic carbocycles. The van der Waals surface area contributed by atoms with E-state index in [0.717, 1.165) is 11.1 Å². The zero-order valence-corrected chi connectivity index (χ0v) is 12.1. The van der Waals surface area contributed by atoms with E-state index >= 15 is 0 Å². The molecule has 3 nitrogen and oxygen atoms in total. The Bertz CT molecular complexity index is 608. The van der Waals surface area contributed by atoms with Crippen LogP contribution >= 0.6 is 0 Å². The number of rotatable bonds is 5. The van der Waals surface area contributed by atoms with Crippen LogP contribution in [0.1, 0.15) is 21.5 Å². The standard InChI is InChI=1S/C16H16O3S/c1-20(18)12-14-8-5-9-15(10-14)16(17)19-11-13-6-3-2-4-7-13/h2-10H,11-12H2,1H3. The van der Waals surface area contributed by atoms with E-state index in [-0.39, 0.29) is 12.6 Å². The molecule has 0 saturated heterocycles. The van der Waals surface area contributed by atoms with Crippen LogP contribution in [0.5, 0.6) is 0 Å². The van der Waals surface area contributed by atoms with Crippen LogP contribution in [0.4, 0.5) is 0 Å². The van der Waals surface area contributed by atoms with Gasteiger partial charge in [-0.05, 0) is 23.3 Å². The highest BCUT2D eigenvalue weighted by Crippen LogP contribution is 2.10. The molecular formula is C16H16O3S. The maximum atomic E-state index is 12.0. The molecule has 0 bridgehead atoms. The molecule has 2 rings (SSSR count). The molecular weight excluding hydrogens is 272 g/mol. The van der Waals surface area contributed by atoms with E-state index < -0.39 is 10.8 Å². The van der Waals surface area contributed by atoms with Gasteiger partial charge in [0, 0.05) is 22.8 Å². The Hall–Kier alpha value is -1.94. The second-order valence-electron chi connectivity index (χ2n) is 4.48. The highest BCUT2D eigenvalue weighted by atomic mass is 32.2. The number of ether oxygens (including phenoxy) is 1. The second kappa shape index (κ2) is 7.01. The predicted molar refractivity (Wildman–Crippen MR) is 79.8 cm³/mol. The van der Waals surface area contributed by atoms with E-state index in [9.17, 15) is 9.00 Å². The third-order valence-corrected chi connectivity index (χ3v) is 3.49. The molecule has 0 aliphatic carbocycles. The zero-order valence-electron chi connectivity index (χ0n) is 11.2. The van der Waals surface area contributed by atoms with E-state index in [2.05, 4.69) is 0 Å². The number of hydrogen-bond acceptors (Lipinski definition) is 3. The van der Waals surface area contributed by atoms with Crippen LogP contribution in [0, 0.1) is 0 Å². The topological polar surface area (TPSA) is 43.4 Å². The molecule has 0 aliphatic heterocycles. The highest BCUT2D eigenvalue weighted by molar-refractivity contribution is 7.83. The third-order valence-electron chi connectivity index (χ3n) is 2.75. The molecule has 0 heterocycles. The summed E-state index contributed by atoms with van der Waals surface area (Å²) < 4.78 is 16.5. The average molecular weight is 288 g/mol. The zero-order chi connectivity index (χ0) is 14.4. The minimum Gasteiger partial charge on any atom is -0.457 e. The molecule has 0 aliphatic rings. The first-order valence-corrected chi connectivity index (χ1v) is 7.98. The fourth-order valence-electron chi connectivity index (χ4n) is 1.83. The van der Waals surface area contributed by atoms with Gasteiger partial charge in [-0.2, -0.15) is 0 Å². The van der Waals surface area contributed by atoms with Crippen LogP contribution in [0.15, 0.2) is 54.6 Å². The number of hydrogen-bond donors (Lipinski definition) is 0. The monoisotopic (exact) mass is 288 g/mol. The lowest BCUT2D eigenvalue weighted by atomic mass is 10.1. The smallest absolute Gasteiger partial charge is 0.338 e. The summed E-state index contributed by atoms with van der Waals surface area (Å²) in [6.07, 6.45) is 1.64. The van der Waals surface area contributed by atoms with Crippen molar-refractivity contribution >= 4 is 16.8 Å². The Morgan fingerprint density at radius 3 is 2.45 bits per heavy atom. The molecule has 20 heavy (non-hydrogen) atoms. The summed E-state index contributed by atoms with van der Waals surface area (Å²) >= 11 is 0. The normalized spacial score (nSPS) is 11.8. The highest BCUT2D eigenvalue weighted by Gasteiger charge is 2.08. The van der Waals surface area contributed by atoms with Crippen molar-refractivity contribution in [1.82, 2.24) is 0 Å². The fraction of sp³-hybridized carbons (Fsp3) is 0.188. The molecule has 0 aromatic heterocycles. The van der Waals surface area contributed by atoms with Gasteiger partial charge in [-0.1, -0.05) is 42.5 Å². The van der Waals surface area contributed by atoms with Crippen LogP contribution < -0.4 is 0 Å². The van der Waals surface area contributed by atoms with E-state index in [4.69, 9.17) is 4.74 Å². The fourth-order valence-corrected chi connectivity index (χ4v) is 2.48. The number of carbonyl (C=O) groups is 1. The Labute approximate surface area is 121 Å². The molecule has 1 unspecified atom stereocenters. The molecule has 0 spiro atoms. The second-order valence-corrected chi connectivity index (χ2v) is 5.91. The van der Waals surface area contributed by atoms with Gasteiger partial charge < -0.3 is 4.74 Å². The van der Waals surface area contributed by atoms with Crippen LogP contribution in [-0.4, -0.2) is 16.4 Å². The summed E-state index contributed by atoms with van der Waals surface area (Å²) in [5.74, 6) is 0.0809. The van der Waals surface area contributed by atoms with Crippen molar-refractivity contribution in [3.8, 4) is 0 Å². The number of carbonyl (C=O) groups excluding carboxylic acids is 1. The quantitative estimate of drug-likeness (QED) is 0.795. The molecule has 0 N–H and O–H groups in total. The lowest BCUT2D eigenvalue weighted by molar-refractivity contribution is 0.0472. The van der Waals surface area contributed by atoms with Crippen LogP contribution in [-0.2, 0) is 27.9 Å². The van der Waals surface area contributed by atoms with Crippen molar-refractivity contribution in [2.75, 3.05) is 6.26 Å². The molecule has 2 aromatic rings. The van der Waals surface area contributed by atoms with Crippen molar-refractivity contribution < 1.29 is 13.7 Å². The summed E-state index contributed by atoms with van der Waals surface area (Å²) in [5, 5.41) is 0. The van der Waals surface area contributed by atoms with Crippen LogP contribution in [0.3, 0.4) is 0 Å². The Morgan fingerprint density at radius 1 is 1.05 bits per heavy atom. The lowest BCUT2D eigenvalue weighted by Gasteiger charge is -2.06. The van der Waals surface area contributed by atoms with Gasteiger partial charge in [0.1, 0.15) is 6.61 Å². The van der Waals surface area contributed by atoms with Gasteiger partial charge in [-0.25, -0.2) is 4.79 Å². The minimum atomic E-state index is -0.924. The molecule has 0 amide bonds. The van der Waals surface area contributed by atoms with E-state index in [1.807, 2.05) is 36.4 Å². The van der Waals surface area contributed by atoms with Gasteiger partial charge in [-0.15, -0.1) is 0 Å². The Balaban J connectivity index is 2.00. The van der Waals surface area contributed by atoms with Gasteiger partial charge in [0.25, 0.3) is 0 Å². The molecule has 4 heteroatoms. The van der Waals surface area contributed by atoms with Gasteiger partial charge in [0.05, 0.1) is 5.56 Å². The van der Waals surface area contributed by atoms with Crippen LogP contribution in [0.25, 0.3) is 0 Å². The minimum absolute atomic E-state index is 0.254. The van der Waals surface area contributed by atoms with Gasteiger partial charge in [-0.3, -0.25) is 4.21 Å². The van der Waals surface area contributed by atoms with Gasteiger partial charge in [0.2, 0.25) is 0 Å². The first-order chi connectivity index (χ1) is 9.65. The maximum absolute atomic E-state index is 12.0. The SMILES string of the molecule is CS(=O)Cc1cccc(C(=O)OCc2ccccc2)c1. The lowest BCUT2D eigenvalue weighted by Crippen LogP contribution is -2.06. The van der Waals surface area contributed by atoms with E-state index in [1.165, 1.54) is 0 Å². The third kappa shape index (κ3) is 4.31. The van der Waals surface area contributed by atoms with Crippen molar-refractivity contribution in [3.63, 3.8) is 0 Å². The summed E-state index contributed by atoms with van der Waals surface area (Å²) in [7, 11) is -0.924. The Kier molecular flexibility index (Phi) is 5.07. The molecule has 0 radical (unpaired) electrons. The summed E-state index contributed by atoms with van der Waals surface area (Å²) in [6.45, 7) is 0.254. The van der Waals surface area contributed by atoms with Crippen molar-refractivity contribution in [2.45, 2.75) is 12.4 Å². The van der Waals surface area contributed by atoms with Crippen molar-refractivity contribution in [2.24, 2.45) is 0 Å². The van der Waals surface area contributed by atoms with Crippen molar-refractivity contribution in [1.29, 1.82) is 0 Å². The number of esters is 1. The maximum Gasteiger partial charge on any atom is 0.338 e. The van der Waals surface area contributed by atoms with Gasteiger partial charge >= 0.3 is 5.97 Å². The first-order valence-electron chi connectivity index (χ1n) is 6.25. The average Bonchev–Trinajstić information content (AvgIpc) is 2.45. The van der Waals surface area contributed by atoms with Gasteiger partial charge in [0.15, 0.2) is 0 Å². The van der Waals surface area contributed by atoms with Crippen LogP contribution in [0.2, 0.25) is 0 Å². The molecule has 0 saturated carbocycles. The Morgan fingerprint density at radius 2 is 1.75 bits per heavy atom. The largest absolute Gasteiger partial charge is 0.457 e. The first kappa shape index (κ1) is 14.5. The summed E-state index contributed by atoms with van der Waals surface area (Å²) in [5.41, 5.74) is 2.32. The molecule has 0 fully saturated rings. The van der Waals surface area contributed by atoms with Crippen molar-refractivity contribution in [3.05, 3.63) is 71.3 Å². The number of benzene rings is 2. The van der Waals surface area contributed by atoms with E-state index in [1.54, 1.807) is 24.5 Å². The molecule has 104 valence electrons. The predicted octanol–water partition coefficient (Wildman–Crippen LogP) is 2.92. The van der Waals surface area contributed by atoms with E-state index in [0.29, 0.717) is 11.3 Å². The molecule has 1 atom stereocenters.